The first-order chi connectivity index (χ1) is 15.0. The Hall–Kier alpha value is -2.44. The van der Waals surface area contributed by atoms with E-state index in [2.05, 4.69) is 12.2 Å². The van der Waals surface area contributed by atoms with Gasteiger partial charge in [-0.15, -0.1) is 0 Å². The van der Waals surface area contributed by atoms with E-state index < -0.39 is 0 Å². The molecular formula is C24H35N5O2. The Bertz CT molecular complexity index is 961. The number of hydrogen-bond donors (Lipinski definition) is 1. The van der Waals surface area contributed by atoms with Gasteiger partial charge >= 0.3 is 0 Å². The number of carbonyl (C=O) groups is 2. The normalized spacial score (nSPS) is 19.5. The maximum Gasteiger partial charge on any atom is 0.223 e. The van der Waals surface area contributed by atoms with Crippen LogP contribution in [0.3, 0.4) is 0 Å². The largest absolute Gasteiger partial charge is 0.353 e. The van der Waals surface area contributed by atoms with Crippen LogP contribution in [0.15, 0.2) is 6.07 Å². The van der Waals surface area contributed by atoms with Crippen LogP contribution in [0.5, 0.6) is 0 Å². The van der Waals surface area contributed by atoms with Gasteiger partial charge in [-0.25, -0.2) is 9.50 Å². The lowest BCUT2D eigenvalue weighted by Gasteiger charge is -2.23. The summed E-state index contributed by atoms with van der Waals surface area (Å²) in [7, 11) is 0. The van der Waals surface area contributed by atoms with Crippen molar-refractivity contribution in [3.63, 3.8) is 0 Å². The quantitative estimate of drug-likeness (QED) is 0.732. The van der Waals surface area contributed by atoms with Crippen molar-refractivity contribution in [2.24, 2.45) is 0 Å². The van der Waals surface area contributed by atoms with E-state index in [4.69, 9.17) is 10.1 Å². The second-order valence-electron chi connectivity index (χ2n) is 9.14. The Kier molecular flexibility index (Phi) is 6.58. The molecule has 1 unspecified atom stereocenters. The molecule has 0 spiro atoms. The molecule has 0 aromatic carbocycles. The van der Waals surface area contributed by atoms with Crippen LogP contribution in [0.1, 0.15) is 93.4 Å². The molecule has 1 saturated carbocycles. The maximum absolute atomic E-state index is 12.5. The Balaban J connectivity index is 1.51. The van der Waals surface area contributed by atoms with Gasteiger partial charge in [0.15, 0.2) is 5.65 Å². The van der Waals surface area contributed by atoms with Gasteiger partial charge in [-0.05, 0) is 57.9 Å². The zero-order valence-corrected chi connectivity index (χ0v) is 19.1. The fraction of sp³-hybridized carbons (Fsp3) is 0.667. The molecule has 1 aliphatic carbocycles. The summed E-state index contributed by atoms with van der Waals surface area (Å²) in [5.41, 5.74) is 4.82. The van der Waals surface area contributed by atoms with Crippen LogP contribution in [0.2, 0.25) is 0 Å². The second-order valence-corrected chi connectivity index (χ2v) is 9.14. The van der Waals surface area contributed by atoms with E-state index in [-0.39, 0.29) is 17.9 Å². The Morgan fingerprint density at radius 1 is 1.13 bits per heavy atom. The lowest BCUT2D eigenvalue weighted by molar-refractivity contribution is -0.132. The minimum Gasteiger partial charge on any atom is -0.353 e. The number of aryl methyl sites for hydroxylation is 2. The molecule has 1 saturated heterocycles. The fourth-order valence-corrected chi connectivity index (χ4v) is 5.21. The number of carbonyl (C=O) groups excluding carboxylic acids is 2. The zero-order valence-electron chi connectivity index (χ0n) is 19.1. The Labute approximate surface area is 184 Å². The minimum atomic E-state index is 0.0427. The van der Waals surface area contributed by atoms with Crippen molar-refractivity contribution >= 4 is 17.5 Å². The molecule has 2 aromatic heterocycles. The molecule has 7 nitrogen and oxygen atoms in total. The van der Waals surface area contributed by atoms with Crippen LogP contribution in [0.4, 0.5) is 0 Å². The Morgan fingerprint density at radius 2 is 1.90 bits per heavy atom. The van der Waals surface area contributed by atoms with Crippen LogP contribution in [-0.2, 0) is 16.0 Å². The number of likely N-dealkylation sites (tertiary alicyclic amines) is 1. The summed E-state index contributed by atoms with van der Waals surface area (Å²) in [6, 6.07) is 2.42. The van der Waals surface area contributed by atoms with E-state index in [0.29, 0.717) is 25.3 Å². The van der Waals surface area contributed by atoms with E-state index in [1.165, 1.54) is 12.8 Å². The van der Waals surface area contributed by atoms with E-state index in [9.17, 15) is 9.59 Å². The smallest absolute Gasteiger partial charge is 0.223 e. The second kappa shape index (κ2) is 9.37. The van der Waals surface area contributed by atoms with Crippen LogP contribution in [0, 0.1) is 13.8 Å². The number of nitrogens with one attached hydrogen (secondary N) is 1. The molecule has 0 radical (unpaired) electrons. The highest BCUT2D eigenvalue weighted by Crippen LogP contribution is 2.32. The molecule has 2 amide bonds. The lowest BCUT2D eigenvalue weighted by atomic mass is 10.1. The number of hydrogen-bond acceptors (Lipinski definition) is 4. The topological polar surface area (TPSA) is 79.6 Å². The van der Waals surface area contributed by atoms with Crippen molar-refractivity contribution in [3.05, 3.63) is 28.7 Å². The van der Waals surface area contributed by atoms with E-state index in [0.717, 1.165) is 66.9 Å². The molecule has 2 fully saturated rings. The molecule has 2 aromatic rings. The van der Waals surface area contributed by atoms with Gasteiger partial charge in [0.05, 0.1) is 11.7 Å². The SMILES string of the molecule is CCCC(=O)N1CCCC1c1cc2nc(C)c(CCC(=O)NC3CCCC3)c(C)n2n1. The van der Waals surface area contributed by atoms with Gasteiger partial charge in [0, 0.05) is 42.9 Å². The summed E-state index contributed by atoms with van der Waals surface area (Å²) in [5.74, 6) is 0.347. The monoisotopic (exact) mass is 425 g/mol. The van der Waals surface area contributed by atoms with Crippen LogP contribution < -0.4 is 5.32 Å². The molecule has 168 valence electrons. The third-order valence-electron chi connectivity index (χ3n) is 6.88. The molecular weight excluding hydrogens is 390 g/mol. The van der Waals surface area contributed by atoms with E-state index in [1.54, 1.807) is 0 Å². The highest BCUT2D eigenvalue weighted by Gasteiger charge is 2.31. The first kappa shape index (κ1) is 21.8. The van der Waals surface area contributed by atoms with Crippen molar-refractivity contribution in [2.75, 3.05) is 6.54 Å². The van der Waals surface area contributed by atoms with Crippen molar-refractivity contribution in [1.82, 2.24) is 24.8 Å². The van der Waals surface area contributed by atoms with Gasteiger partial charge in [-0.1, -0.05) is 19.8 Å². The molecule has 2 aliphatic rings. The number of aromatic nitrogens is 3. The van der Waals surface area contributed by atoms with Crippen molar-refractivity contribution in [3.8, 4) is 0 Å². The first-order valence-corrected chi connectivity index (χ1v) is 11.9. The summed E-state index contributed by atoms with van der Waals surface area (Å²) in [5, 5.41) is 8.03. The predicted molar refractivity (Wildman–Crippen MR) is 120 cm³/mol. The summed E-state index contributed by atoms with van der Waals surface area (Å²) >= 11 is 0. The van der Waals surface area contributed by atoms with Crippen LogP contribution in [0.25, 0.3) is 5.65 Å². The lowest BCUT2D eigenvalue weighted by Crippen LogP contribution is -2.32. The highest BCUT2D eigenvalue weighted by atomic mass is 16.2. The van der Waals surface area contributed by atoms with Gasteiger partial charge in [-0.2, -0.15) is 5.10 Å². The summed E-state index contributed by atoms with van der Waals surface area (Å²) < 4.78 is 1.90. The first-order valence-electron chi connectivity index (χ1n) is 11.9. The fourth-order valence-electron chi connectivity index (χ4n) is 5.21. The average Bonchev–Trinajstić information content (AvgIpc) is 3.48. The average molecular weight is 426 g/mol. The van der Waals surface area contributed by atoms with Gasteiger partial charge in [0.1, 0.15) is 0 Å². The number of fused-ring (bicyclic) bond motifs is 1. The highest BCUT2D eigenvalue weighted by molar-refractivity contribution is 5.77. The number of nitrogens with zero attached hydrogens (tertiary/aromatic N) is 4. The summed E-state index contributed by atoms with van der Waals surface area (Å²) in [6.45, 7) is 6.91. The number of rotatable bonds is 7. The summed E-state index contributed by atoms with van der Waals surface area (Å²) in [4.78, 5) is 31.7. The molecule has 3 heterocycles. The molecule has 1 N–H and O–H groups in total. The molecule has 1 aliphatic heterocycles. The summed E-state index contributed by atoms with van der Waals surface area (Å²) in [6.07, 6.45) is 9.20. The van der Waals surface area contributed by atoms with Crippen LogP contribution in [-0.4, -0.2) is 43.9 Å². The molecule has 4 rings (SSSR count). The predicted octanol–water partition coefficient (Wildman–Crippen LogP) is 3.80. The van der Waals surface area contributed by atoms with Gasteiger partial charge in [0.25, 0.3) is 0 Å². The standard InChI is InChI=1S/C24H35N5O2/c1-4-8-24(31)28-14-7-11-21(28)20-15-22-25-16(2)19(17(3)29(22)27-20)12-13-23(30)26-18-9-5-6-10-18/h15,18,21H,4-14H2,1-3H3,(H,26,30). The van der Waals surface area contributed by atoms with Gasteiger partial charge in [-0.3, -0.25) is 9.59 Å². The third-order valence-corrected chi connectivity index (χ3v) is 6.88. The maximum atomic E-state index is 12.5. The molecule has 1 atom stereocenters. The van der Waals surface area contributed by atoms with E-state index in [1.807, 2.05) is 29.3 Å². The van der Waals surface area contributed by atoms with Gasteiger partial charge < -0.3 is 10.2 Å². The molecule has 7 heteroatoms. The van der Waals surface area contributed by atoms with Crippen molar-refractivity contribution in [1.29, 1.82) is 0 Å². The van der Waals surface area contributed by atoms with E-state index >= 15 is 0 Å². The zero-order chi connectivity index (χ0) is 22.0. The molecule has 31 heavy (non-hydrogen) atoms. The van der Waals surface area contributed by atoms with Gasteiger partial charge in [0.2, 0.25) is 11.8 Å². The molecule has 0 bridgehead atoms. The van der Waals surface area contributed by atoms with Crippen LogP contribution >= 0.6 is 0 Å². The van der Waals surface area contributed by atoms with Crippen molar-refractivity contribution in [2.45, 2.75) is 97.1 Å². The number of amides is 2. The third kappa shape index (κ3) is 4.60. The van der Waals surface area contributed by atoms with Crippen molar-refractivity contribution < 1.29 is 9.59 Å². The minimum absolute atomic E-state index is 0.0427. The Morgan fingerprint density at radius 3 is 2.65 bits per heavy atom.